The number of halogens is 3. The molecule has 0 aliphatic heterocycles. The fourth-order valence-electron chi connectivity index (χ4n) is 2.35. The van der Waals surface area contributed by atoms with E-state index in [0.717, 1.165) is 6.08 Å². The van der Waals surface area contributed by atoms with Gasteiger partial charge in [-0.15, -0.1) is 0 Å². The van der Waals surface area contributed by atoms with Crippen LogP contribution < -0.4 is 14.2 Å². The second kappa shape index (κ2) is 10.3. The molecule has 160 valence electrons. The molecule has 9 heteroatoms. The maximum absolute atomic E-state index is 12.3. The fraction of sp³-hybridized carbons (Fsp3) is 0.238. The van der Waals surface area contributed by atoms with Crippen LogP contribution in [0.1, 0.15) is 28.8 Å². The number of alkyl halides is 3. The standard InChI is InChI=1S/C21H19F3O6/c1-28-18-13-14(4-10-19(25)26)3-9-17(18)30-20(27)15-5-7-16(8-6-15)29-12-2-11-21(22,23)24/h3-10,13H,2,11-12H2,1H3,(H,25,26)/b10-4+. The molecular formula is C21H19F3O6. The van der Waals surface area contributed by atoms with Gasteiger partial charge in [-0.3, -0.25) is 0 Å². The largest absolute Gasteiger partial charge is 0.494 e. The highest BCUT2D eigenvalue weighted by Gasteiger charge is 2.26. The number of rotatable bonds is 9. The number of esters is 1. The minimum absolute atomic E-state index is 0.0941. The predicted molar refractivity (Wildman–Crippen MR) is 102 cm³/mol. The maximum atomic E-state index is 12.3. The van der Waals surface area contributed by atoms with Gasteiger partial charge in [-0.1, -0.05) is 6.07 Å². The van der Waals surface area contributed by atoms with Crippen LogP contribution in [-0.2, 0) is 4.79 Å². The summed E-state index contributed by atoms with van der Waals surface area (Å²) in [6.07, 6.45) is -2.98. The number of ether oxygens (including phenoxy) is 3. The van der Waals surface area contributed by atoms with Crippen LogP contribution in [0.25, 0.3) is 6.08 Å². The second-order valence-electron chi connectivity index (χ2n) is 6.06. The van der Waals surface area contributed by atoms with Crippen molar-refractivity contribution in [3.8, 4) is 17.2 Å². The Morgan fingerprint density at radius 1 is 1.07 bits per heavy atom. The zero-order chi connectivity index (χ0) is 22.1. The van der Waals surface area contributed by atoms with Gasteiger partial charge in [0.2, 0.25) is 0 Å². The molecule has 0 saturated heterocycles. The second-order valence-corrected chi connectivity index (χ2v) is 6.06. The van der Waals surface area contributed by atoms with Gasteiger partial charge in [0.15, 0.2) is 11.5 Å². The van der Waals surface area contributed by atoms with Crippen molar-refractivity contribution in [3.63, 3.8) is 0 Å². The molecule has 0 radical (unpaired) electrons. The van der Waals surface area contributed by atoms with Gasteiger partial charge in [-0.2, -0.15) is 13.2 Å². The van der Waals surface area contributed by atoms with E-state index in [0.29, 0.717) is 11.3 Å². The summed E-state index contributed by atoms with van der Waals surface area (Å²) in [7, 11) is 1.38. The van der Waals surface area contributed by atoms with Crippen LogP contribution in [0.15, 0.2) is 48.5 Å². The van der Waals surface area contributed by atoms with Gasteiger partial charge in [0, 0.05) is 12.5 Å². The summed E-state index contributed by atoms with van der Waals surface area (Å²) < 4.78 is 52.0. The van der Waals surface area contributed by atoms with Crippen LogP contribution in [0.2, 0.25) is 0 Å². The first kappa shape index (κ1) is 22.8. The Kier molecular flexibility index (Phi) is 7.85. The van der Waals surface area contributed by atoms with Crippen molar-refractivity contribution in [1.82, 2.24) is 0 Å². The lowest BCUT2D eigenvalue weighted by atomic mass is 10.2. The highest BCUT2D eigenvalue weighted by molar-refractivity contribution is 5.91. The highest BCUT2D eigenvalue weighted by atomic mass is 19.4. The summed E-state index contributed by atoms with van der Waals surface area (Å²) in [4.78, 5) is 22.9. The predicted octanol–water partition coefficient (Wildman–Crippen LogP) is 4.73. The Hall–Kier alpha value is -3.49. The van der Waals surface area contributed by atoms with Gasteiger partial charge < -0.3 is 19.3 Å². The molecular weight excluding hydrogens is 405 g/mol. The van der Waals surface area contributed by atoms with Gasteiger partial charge in [0.05, 0.1) is 19.3 Å². The molecule has 0 atom stereocenters. The van der Waals surface area contributed by atoms with Crippen LogP contribution in [0, 0.1) is 0 Å². The Morgan fingerprint density at radius 2 is 1.77 bits per heavy atom. The molecule has 2 rings (SSSR count). The van der Waals surface area contributed by atoms with E-state index in [1.807, 2.05) is 0 Å². The molecule has 0 heterocycles. The van der Waals surface area contributed by atoms with Gasteiger partial charge in [-0.25, -0.2) is 9.59 Å². The lowest BCUT2D eigenvalue weighted by Crippen LogP contribution is -2.10. The normalized spacial score (nSPS) is 11.3. The molecule has 0 aliphatic rings. The molecule has 0 aromatic heterocycles. The van der Waals surface area contributed by atoms with E-state index >= 15 is 0 Å². The van der Waals surface area contributed by atoms with E-state index in [9.17, 15) is 22.8 Å². The molecule has 2 aromatic rings. The Bertz CT molecular complexity index is 904. The molecule has 0 saturated carbocycles. The molecule has 0 unspecified atom stereocenters. The van der Waals surface area contributed by atoms with E-state index in [-0.39, 0.29) is 30.1 Å². The monoisotopic (exact) mass is 424 g/mol. The molecule has 0 bridgehead atoms. The van der Waals surface area contributed by atoms with Gasteiger partial charge in [-0.05, 0) is 54.5 Å². The van der Waals surface area contributed by atoms with E-state index in [2.05, 4.69) is 0 Å². The summed E-state index contributed by atoms with van der Waals surface area (Å²) in [6, 6.07) is 10.3. The molecule has 0 aliphatic carbocycles. The molecule has 0 amide bonds. The smallest absolute Gasteiger partial charge is 0.389 e. The van der Waals surface area contributed by atoms with Crippen molar-refractivity contribution in [2.45, 2.75) is 19.0 Å². The minimum Gasteiger partial charge on any atom is -0.494 e. The summed E-state index contributed by atoms with van der Waals surface area (Å²) in [5, 5.41) is 8.67. The van der Waals surface area contributed by atoms with Crippen molar-refractivity contribution < 1.29 is 42.1 Å². The van der Waals surface area contributed by atoms with Crippen molar-refractivity contribution in [3.05, 3.63) is 59.7 Å². The highest BCUT2D eigenvalue weighted by Crippen LogP contribution is 2.29. The third-order valence-corrected chi connectivity index (χ3v) is 3.77. The van der Waals surface area contributed by atoms with Crippen molar-refractivity contribution in [1.29, 1.82) is 0 Å². The maximum Gasteiger partial charge on any atom is 0.389 e. The quantitative estimate of drug-likeness (QED) is 0.271. The number of carboxylic acid groups (broad SMARTS) is 1. The van der Waals surface area contributed by atoms with E-state index in [1.165, 1.54) is 49.6 Å². The molecule has 30 heavy (non-hydrogen) atoms. The number of hydrogen-bond donors (Lipinski definition) is 1. The first-order valence-corrected chi connectivity index (χ1v) is 8.79. The molecule has 0 spiro atoms. The number of carboxylic acids is 1. The average molecular weight is 424 g/mol. The lowest BCUT2D eigenvalue weighted by Gasteiger charge is -2.11. The van der Waals surface area contributed by atoms with E-state index in [1.54, 1.807) is 6.07 Å². The van der Waals surface area contributed by atoms with Crippen LogP contribution in [0.5, 0.6) is 17.2 Å². The molecule has 0 fully saturated rings. The SMILES string of the molecule is COc1cc(/C=C/C(=O)O)ccc1OC(=O)c1ccc(OCCCC(F)(F)F)cc1. The van der Waals surface area contributed by atoms with Gasteiger partial charge >= 0.3 is 18.1 Å². The third-order valence-electron chi connectivity index (χ3n) is 3.77. The van der Waals surface area contributed by atoms with Gasteiger partial charge in [0.1, 0.15) is 5.75 Å². The summed E-state index contributed by atoms with van der Waals surface area (Å²) in [6.45, 7) is -0.0941. The molecule has 2 aromatic carbocycles. The molecule has 6 nitrogen and oxygen atoms in total. The first-order chi connectivity index (χ1) is 14.2. The number of carbonyl (C=O) groups excluding carboxylic acids is 1. The third kappa shape index (κ3) is 7.50. The lowest BCUT2D eigenvalue weighted by molar-refractivity contribution is -0.136. The van der Waals surface area contributed by atoms with Crippen LogP contribution >= 0.6 is 0 Å². The van der Waals surface area contributed by atoms with Crippen LogP contribution in [0.3, 0.4) is 0 Å². The Morgan fingerprint density at radius 3 is 2.37 bits per heavy atom. The van der Waals surface area contributed by atoms with Gasteiger partial charge in [0.25, 0.3) is 0 Å². The Labute approximate surface area is 170 Å². The average Bonchev–Trinajstić information content (AvgIpc) is 2.70. The summed E-state index contributed by atoms with van der Waals surface area (Å²) in [5.74, 6) is -1.06. The first-order valence-electron chi connectivity index (χ1n) is 8.79. The zero-order valence-electron chi connectivity index (χ0n) is 15.9. The van der Waals surface area contributed by atoms with E-state index < -0.39 is 24.5 Å². The van der Waals surface area contributed by atoms with Crippen LogP contribution in [0.4, 0.5) is 13.2 Å². The zero-order valence-corrected chi connectivity index (χ0v) is 15.9. The summed E-state index contributed by atoms with van der Waals surface area (Å²) >= 11 is 0. The molecule has 1 N–H and O–H groups in total. The number of benzene rings is 2. The van der Waals surface area contributed by atoms with Crippen LogP contribution in [-0.4, -0.2) is 36.9 Å². The minimum atomic E-state index is -4.22. The van der Waals surface area contributed by atoms with Crippen molar-refractivity contribution in [2.24, 2.45) is 0 Å². The van der Waals surface area contributed by atoms with E-state index in [4.69, 9.17) is 19.3 Å². The number of carbonyl (C=O) groups is 2. The number of hydrogen-bond acceptors (Lipinski definition) is 5. The fourth-order valence-corrected chi connectivity index (χ4v) is 2.35. The Balaban J connectivity index is 1.98. The number of methoxy groups -OCH3 is 1. The van der Waals surface area contributed by atoms with Crippen molar-refractivity contribution in [2.75, 3.05) is 13.7 Å². The summed E-state index contributed by atoms with van der Waals surface area (Å²) in [5.41, 5.74) is 0.746. The number of aliphatic carboxylic acids is 1. The van der Waals surface area contributed by atoms with Crippen molar-refractivity contribution >= 4 is 18.0 Å². The topological polar surface area (TPSA) is 82.1 Å².